The van der Waals surface area contributed by atoms with E-state index in [0.29, 0.717) is 6.04 Å². The van der Waals surface area contributed by atoms with Gasteiger partial charge in [0.15, 0.2) is 0 Å². The Morgan fingerprint density at radius 1 is 1.46 bits per heavy atom. The number of hydrogen-bond acceptors (Lipinski definition) is 1. The van der Waals surface area contributed by atoms with E-state index in [1.165, 1.54) is 10.9 Å². The van der Waals surface area contributed by atoms with Crippen molar-refractivity contribution in [1.29, 1.82) is 0 Å². The fraction of sp³-hybridized carbons (Fsp3) is 0.364. The Morgan fingerprint density at radius 2 is 2.31 bits per heavy atom. The summed E-state index contributed by atoms with van der Waals surface area (Å²) in [5.41, 5.74) is 1.23. The van der Waals surface area contributed by atoms with Crippen molar-refractivity contribution >= 4 is 10.9 Å². The van der Waals surface area contributed by atoms with Crippen LogP contribution in [0.3, 0.4) is 0 Å². The lowest BCUT2D eigenvalue weighted by Crippen LogP contribution is -2.01. The summed E-state index contributed by atoms with van der Waals surface area (Å²) in [4.78, 5) is 4.14. The topological polar surface area (TPSA) is 17.8 Å². The lowest BCUT2D eigenvalue weighted by atomic mass is 10.2. The lowest BCUT2D eigenvalue weighted by molar-refractivity contribution is 0.548. The molecule has 0 spiro atoms. The van der Waals surface area contributed by atoms with Crippen LogP contribution in [-0.2, 0) is 0 Å². The molecule has 0 aromatic carbocycles. The number of pyridine rings is 1. The summed E-state index contributed by atoms with van der Waals surface area (Å²) in [7, 11) is 0. The number of rotatable bonds is 2. The van der Waals surface area contributed by atoms with Crippen molar-refractivity contribution in [3.8, 4) is 0 Å². The zero-order valence-electron chi connectivity index (χ0n) is 8.07. The number of aromatic nitrogens is 2. The molecule has 0 N–H and O–H groups in total. The number of fused-ring (bicyclic) bond motifs is 1. The van der Waals surface area contributed by atoms with Gasteiger partial charge in [-0.05, 0) is 25.5 Å². The maximum atomic E-state index is 4.14. The van der Waals surface area contributed by atoms with Gasteiger partial charge in [-0.15, -0.1) is 0 Å². The van der Waals surface area contributed by atoms with Gasteiger partial charge < -0.3 is 4.57 Å². The molecule has 0 aliphatic rings. The van der Waals surface area contributed by atoms with Gasteiger partial charge in [-0.3, -0.25) is 4.98 Å². The van der Waals surface area contributed by atoms with Gasteiger partial charge >= 0.3 is 0 Å². The Kier molecular flexibility index (Phi) is 2.05. The molecular weight excluding hydrogens is 160 g/mol. The first-order chi connectivity index (χ1) is 6.33. The highest BCUT2D eigenvalue weighted by Gasteiger charge is 2.04. The molecule has 2 aromatic heterocycles. The van der Waals surface area contributed by atoms with Gasteiger partial charge in [0.25, 0.3) is 0 Å². The van der Waals surface area contributed by atoms with Crippen molar-refractivity contribution in [3.63, 3.8) is 0 Å². The van der Waals surface area contributed by atoms with Crippen molar-refractivity contribution in [2.24, 2.45) is 0 Å². The zero-order valence-corrected chi connectivity index (χ0v) is 8.07. The van der Waals surface area contributed by atoms with Gasteiger partial charge in [0, 0.05) is 23.8 Å². The van der Waals surface area contributed by atoms with E-state index < -0.39 is 0 Å². The fourth-order valence-corrected chi connectivity index (χ4v) is 1.58. The second kappa shape index (κ2) is 3.21. The van der Waals surface area contributed by atoms with Gasteiger partial charge in [0.1, 0.15) is 0 Å². The third-order valence-corrected chi connectivity index (χ3v) is 2.59. The molecule has 13 heavy (non-hydrogen) atoms. The van der Waals surface area contributed by atoms with Crippen molar-refractivity contribution < 1.29 is 0 Å². The monoisotopic (exact) mass is 174 g/mol. The Bertz CT molecular complexity index is 403. The van der Waals surface area contributed by atoms with Crippen LogP contribution in [-0.4, -0.2) is 9.55 Å². The summed E-state index contributed by atoms with van der Waals surface area (Å²) in [5.74, 6) is 0. The van der Waals surface area contributed by atoms with E-state index in [-0.39, 0.29) is 0 Å². The van der Waals surface area contributed by atoms with Crippen LogP contribution in [0.4, 0.5) is 0 Å². The highest BCUT2D eigenvalue weighted by molar-refractivity contribution is 5.78. The first-order valence-electron chi connectivity index (χ1n) is 4.73. The van der Waals surface area contributed by atoms with Gasteiger partial charge in [-0.2, -0.15) is 0 Å². The minimum atomic E-state index is 0.557. The molecule has 0 saturated heterocycles. The maximum absolute atomic E-state index is 4.14. The third kappa shape index (κ3) is 1.32. The third-order valence-electron chi connectivity index (χ3n) is 2.59. The molecule has 0 fully saturated rings. The lowest BCUT2D eigenvalue weighted by Gasteiger charge is -2.11. The average molecular weight is 174 g/mol. The molecule has 0 radical (unpaired) electrons. The molecule has 0 aliphatic heterocycles. The molecule has 2 rings (SSSR count). The summed E-state index contributed by atoms with van der Waals surface area (Å²) in [6.45, 7) is 4.43. The van der Waals surface area contributed by atoms with Crippen molar-refractivity contribution in [2.75, 3.05) is 0 Å². The van der Waals surface area contributed by atoms with Crippen LogP contribution in [0.5, 0.6) is 0 Å². The average Bonchev–Trinajstić information content (AvgIpc) is 2.60. The molecule has 0 saturated carbocycles. The summed E-state index contributed by atoms with van der Waals surface area (Å²) < 4.78 is 2.28. The van der Waals surface area contributed by atoms with Crippen LogP contribution in [0.25, 0.3) is 10.9 Å². The highest BCUT2D eigenvalue weighted by Crippen LogP contribution is 2.20. The van der Waals surface area contributed by atoms with E-state index in [1.807, 2.05) is 18.5 Å². The minimum absolute atomic E-state index is 0.557. The quantitative estimate of drug-likeness (QED) is 0.684. The minimum Gasteiger partial charge on any atom is -0.343 e. The van der Waals surface area contributed by atoms with Crippen LogP contribution >= 0.6 is 0 Å². The molecule has 1 atom stereocenters. The summed E-state index contributed by atoms with van der Waals surface area (Å²) in [6, 6.07) is 4.75. The van der Waals surface area contributed by atoms with E-state index in [0.717, 1.165) is 6.42 Å². The molecule has 0 bridgehead atoms. The number of hydrogen-bond donors (Lipinski definition) is 0. The first-order valence-corrected chi connectivity index (χ1v) is 4.73. The fourth-order valence-electron chi connectivity index (χ4n) is 1.58. The maximum Gasteiger partial charge on any atom is 0.0669 e. The predicted molar refractivity (Wildman–Crippen MR) is 54.7 cm³/mol. The van der Waals surface area contributed by atoms with E-state index >= 15 is 0 Å². The summed E-state index contributed by atoms with van der Waals surface area (Å²) in [5, 5.41) is 1.27. The molecule has 2 heterocycles. The highest BCUT2D eigenvalue weighted by atomic mass is 15.0. The molecule has 2 heteroatoms. The standard InChI is InChI=1S/C11H14N2/c1-3-9(2)13-7-5-10-4-6-12-8-11(10)13/h4-9H,3H2,1-2H3. The Morgan fingerprint density at radius 3 is 3.08 bits per heavy atom. The van der Waals surface area contributed by atoms with Crippen LogP contribution in [0, 0.1) is 0 Å². The van der Waals surface area contributed by atoms with E-state index in [9.17, 15) is 0 Å². The largest absolute Gasteiger partial charge is 0.343 e. The molecule has 68 valence electrons. The predicted octanol–water partition coefficient (Wildman–Crippen LogP) is 3.01. The van der Waals surface area contributed by atoms with E-state index in [2.05, 4.69) is 35.7 Å². The molecule has 0 aliphatic carbocycles. The molecule has 1 unspecified atom stereocenters. The Hall–Kier alpha value is -1.31. The normalized spacial score (nSPS) is 13.4. The van der Waals surface area contributed by atoms with Crippen LogP contribution in [0.2, 0.25) is 0 Å². The van der Waals surface area contributed by atoms with Gasteiger partial charge in [-0.1, -0.05) is 6.92 Å². The molecule has 2 aromatic rings. The van der Waals surface area contributed by atoms with Crippen molar-refractivity contribution in [1.82, 2.24) is 9.55 Å². The zero-order chi connectivity index (χ0) is 9.26. The van der Waals surface area contributed by atoms with Gasteiger partial charge in [-0.25, -0.2) is 0 Å². The van der Waals surface area contributed by atoms with Crippen LogP contribution < -0.4 is 0 Å². The second-order valence-corrected chi connectivity index (χ2v) is 3.41. The summed E-state index contributed by atoms with van der Waals surface area (Å²) in [6.07, 6.45) is 7.06. The van der Waals surface area contributed by atoms with Crippen molar-refractivity contribution in [3.05, 3.63) is 30.7 Å². The number of nitrogens with zero attached hydrogens (tertiary/aromatic N) is 2. The van der Waals surface area contributed by atoms with Crippen molar-refractivity contribution in [2.45, 2.75) is 26.3 Å². The van der Waals surface area contributed by atoms with Gasteiger partial charge in [0.2, 0.25) is 0 Å². The first kappa shape index (κ1) is 8.30. The molecular formula is C11H14N2. The van der Waals surface area contributed by atoms with E-state index in [4.69, 9.17) is 0 Å². The Balaban J connectivity index is 2.57. The smallest absolute Gasteiger partial charge is 0.0669 e. The van der Waals surface area contributed by atoms with Crippen LogP contribution in [0.15, 0.2) is 30.7 Å². The van der Waals surface area contributed by atoms with Crippen LogP contribution in [0.1, 0.15) is 26.3 Å². The summed E-state index contributed by atoms with van der Waals surface area (Å²) >= 11 is 0. The SMILES string of the molecule is CCC(C)n1ccc2ccncc21. The Labute approximate surface area is 78.2 Å². The molecule has 2 nitrogen and oxygen atoms in total. The van der Waals surface area contributed by atoms with E-state index in [1.54, 1.807) is 0 Å². The van der Waals surface area contributed by atoms with Gasteiger partial charge in [0.05, 0.1) is 11.7 Å². The second-order valence-electron chi connectivity index (χ2n) is 3.41. The molecule has 0 amide bonds.